The summed E-state index contributed by atoms with van der Waals surface area (Å²) >= 11 is 0. The molecular weight excluding hydrogens is 138 g/mol. The molecule has 2 heteroatoms. The molecule has 0 atom stereocenters. The second kappa shape index (κ2) is 5.17. The van der Waals surface area contributed by atoms with Crippen molar-refractivity contribution in [3.8, 4) is 12.3 Å². The van der Waals surface area contributed by atoms with Crippen LogP contribution in [0.4, 0.5) is 0 Å². The SMILES string of the molecule is C#CCNC(CC)(CC)CO. The van der Waals surface area contributed by atoms with Gasteiger partial charge in [-0.3, -0.25) is 5.32 Å². The molecular formula is C9H17NO. The second-order valence-corrected chi connectivity index (χ2v) is 2.70. The van der Waals surface area contributed by atoms with Crippen molar-refractivity contribution in [3.63, 3.8) is 0 Å². The van der Waals surface area contributed by atoms with E-state index in [1.54, 1.807) is 0 Å². The van der Waals surface area contributed by atoms with Gasteiger partial charge in [-0.2, -0.15) is 0 Å². The van der Waals surface area contributed by atoms with E-state index in [1.807, 2.05) is 13.8 Å². The molecule has 64 valence electrons. The van der Waals surface area contributed by atoms with Gasteiger partial charge in [-0.1, -0.05) is 19.8 Å². The van der Waals surface area contributed by atoms with Gasteiger partial charge in [0.05, 0.1) is 13.2 Å². The summed E-state index contributed by atoms with van der Waals surface area (Å²) in [6.45, 7) is 4.77. The van der Waals surface area contributed by atoms with Crippen LogP contribution in [0.25, 0.3) is 0 Å². The van der Waals surface area contributed by atoms with Crippen molar-refractivity contribution in [1.29, 1.82) is 0 Å². The van der Waals surface area contributed by atoms with E-state index in [2.05, 4.69) is 11.2 Å². The normalized spacial score (nSPS) is 11.1. The van der Waals surface area contributed by atoms with E-state index in [9.17, 15) is 0 Å². The van der Waals surface area contributed by atoms with Crippen LogP contribution in [0.2, 0.25) is 0 Å². The highest BCUT2D eigenvalue weighted by Gasteiger charge is 2.23. The van der Waals surface area contributed by atoms with Crippen molar-refractivity contribution in [2.45, 2.75) is 32.2 Å². The monoisotopic (exact) mass is 155 g/mol. The van der Waals surface area contributed by atoms with E-state index in [-0.39, 0.29) is 12.1 Å². The van der Waals surface area contributed by atoms with Crippen LogP contribution >= 0.6 is 0 Å². The lowest BCUT2D eigenvalue weighted by molar-refractivity contribution is 0.156. The van der Waals surface area contributed by atoms with Crippen molar-refractivity contribution < 1.29 is 5.11 Å². The summed E-state index contributed by atoms with van der Waals surface area (Å²) in [7, 11) is 0. The summed E-state index contributed by atoms with van der Waals surface area (Å²) < 4.78 is 0. The zero-order chi connectivity index (χ0) is 8.74. The molecule has 0 aromatic carbocycles. The molecule has 0 aromatic heterocycles. The van der Waals surface area contributed by atoms with Gasteiger partial charge in [-0.15, -0.1) is 6.42 Å². The Morgan fingerprint density at radius 3 is 2.27 bits per heavy atom. The van der Waals surface area contributed by atoms with E-state index < -0.39 is 0 Å². The van der Waals surface area contributed by atoms with Gasteiger partial charge in [-0.25, -0.2) is 0 Å². The van der Waals surface area contributed by atoms with E-state index in [4.69, 9.17) is 11.5 Å². The van der Waals surface area contributed by atoms with Crippen molar-refractivity contribution in [1.82, 2.24) is 5.32 Å². The van der Waals surface area contributed by atoms with Gasteiger partial charge in [-0.05, 0) is 12.8 Å². The molecule has 0 aliphatic rings. The Balaban J connectivity index is 3.96. The summed E-state index contributed by atoms with van der Waals surface area (Å²) in [4.78, 5) is 0. The van der Waals surface area contributed by atoms with Crippen LogP contribution in [0.1, 0.15) is 26.7 Å². The maximum absolute atomic E-state index is 9.07. The fourth-order valence-electron chi connectivity index (χ4n) is 1.02. The van der Waals surface area contributed by atoms with Crippen LogP contribution in [-0.2, 0) is 0 Å². The zero-order valence-electron chi connectivity index (χ0n) is 7.35. The molecule has 0 aliphatic carbocycles. The summed E-state index contributed by atoms with van der Waals surface area (Å²) in [6, 6.07) is 0. The first kappa shape index (κ1) is 10.5. The van der Waals surface area contributed by atoms with Gasteiger partial charge in [0.25, 0.3) is 0 Å². The summed E-state index contributed by atoms with van der Waals surface area (Å²) in [6.07, 6.45) is 6.91. The fraction of sp³-hybridized carbons (Fsp3) is 0.778. The van der Waals surface area contributed by atoms with Gasteiger partial charge >= 0.3 is 0 Å². The second-order valence-electron chi connectivity index (χ2n) is 2.70. The van der Waals surface area contributed by atoms with Crippen molar-refractivity contribution in [3.05, 3.63) is 0 Å². The lowest BCUT2D eigenvalue weighted by Crippen LogP contribution is -2.47. The molecule has 0 bridgehead atoms. The van der Waals surface area contributed by atoms with Crippen LogP contribution in [0, 0.1) is 12.3 Å². The standard InChI is InChI=1S/C9H17NO/c1-4-7-10-9(5-2,6-3)8-11/h1,10-11H,5-8H2,2-3H3. The predicted molar refractivity (Wildman–Crippen MR) is 47.2 cm³/mol. The highest BCUT2D eigenvalue weighted by molar-refractivity contribution is 4.93. The van der Waals surface area contributed by atoms with Gasteiger partial charge < -0.3 is 5.11 Å². The Hall–Kier alpha value is -0.520. The average Bonchev–Trinajstić information content (AvgIpc) is 2.08. The topological polar surface area (TPSA) is 32.3 Å². The van der Waals surface area contributed by atoms with E-state index in [0.29, 0.717) is 6.54 Å². The number of nitrogens with one attached hydrogen (secondary N) is 1. The molecule has 0 aliphatic heterocycles. The van der Waals surface area contributed by atoms with Crippen molar-refractivity contribution in [2.24, 2.45) is 0 Å². The van der Waals surface area contributed by atoms with Crippen LogP contribution in [0.5, 0.6) is 0 Å². The number of hydrogen-bond acceptors (Lipinski definition) is 2. The van der Waals surface area contributed by atoms with E-state index in [0.717, 1.165) is 12.8 Å². The smallest absolute Gasteiger partial charge is 0.0613 e. The molecule has 2 nitrogen and oxygen atoms in total. The summed E-state index contributed by atoms with van der Waals surface area (Å²) in [5, 5.41) is 12.2. The molecule has 0 spiro atoms. The highest BCUT2D eigenvalue weighted by Crippen LogP contribution is 2.12. The Bertz CT molecular complexity index is 125. The van der Waals surface area contributed by atoms with Gasteiger partial charge in [0.2, 0.25) is 0 Å². The third-order valence-electron chi connectivity index (χ3n) is 2.22. The van der Waals surface area contributed by atoms with Gasteiger partial charge in [0.1, 0.15) is 0 Å². The third kappa shape index (κ3) is 2.92. The first-order valence-electron chi connectivity index (χ1n) is 4.04. The number of hydrogen-bond donors (Lipinski definition) is 2. The van der Waals surface area contributed by atoms with Crippen LogP contribution in [0.3, 0.4) is 0 Å². The minimum Gasteiger partial charge on any atom is -0.394 e. The van der Waals surface area contributed by atoms with Crippen LogP contribution < -0.4 is 5.32 Å². The molecule has 0 saturated carbocycles. The number of aliphatic hydroxyl groups excluding tert-OH is 1. The Morgan fingerprint density at radius 1 is 1.45 bits per heavy atom. The molecule has 0 saturated heterocycles. The van der Waals surface area contributed by atoms with E-state index in [1.165, 1.54) is 0 Å². The van der Waals surface area contributed by atoms with Gasteiger partial charge in [0.15, 0.2) is 0 Å². The molecule has 11 heavy (non-hydrogen) atoms. The Morgan fingerprint density at radius 2 is 2.00 bits per heavy atom. The summed E-state index contributed by atoms with van der Waals surface area (Å²) in [5.74, 6) is 2.50. The molecule has 0 aromatic rings. The van der Waals surface area contributed by atoms with Gasteiger partial charge in [0, 0.05) is 5.54 Å². The maximum atomic E-state index is 9.07. The first-order chi connectivity index (χ1) is 5.24. The predicted octanol–water partition coefficient (Wildman–Crippen LogP) is 0.760. The lowest BCUT2D eigenvalue weighted by atomic mass is 9.94. The molecule has 0 rings (SSSR count). The lowest BCUT2D eigenvalue weighted by Gasteiger charge is -2.29. The van der Waals surface area contributed by atoms with Crippen molar-refractivity contribution in [2.75, 3.05) is 13.2 Å². The average molecular weight is 155 g/mol. The third-order valence-corrected chi connectivity index (χ3v) is 2.22. The fourth-order valence-corrected chi connectivity index (χ4v) is 1.02. The molecule has 0 unspecified atom stereocenters. The van der Waals surface area contributed by atoms with Crippen molar-refractivity contribution >= 4 is 0 Å². The molecule has 0 amide bonds. The van der Waals surface area contributed by atoms with E-state index >= 15 is 0 Å². The minimum absolute atomic E-state index is 0.154. The van der Waals surface area contributed by atoms with Crippen LogP contribution in [0.15, 0.2) is 0 Å². The quantitative estimate of drug-likeness (QED) is 0.574. The molecule has 0 radical (unpaired) electrons. The molecule has 2 N–H and O–H groups in total. The largest absolute Gasteiger partial charge is 0.394 e. The first-order valence-corrected chi connectivity index (χ1v) is 4.04. The molecule has 0 heterocycles. The summed E-state index contributed by atoms with van der Waals surface area (Å²) in [5.41, 5.74) is -0.160. The number of rotatable bonds is 5. The molecule has 0 fully saturated rings. The highest BCUT2D eigenvalue weighted by atomic mass is 16.3. The minimum atomic E-state index is -0.160. The number of terminal acetylenes is 1. The Labute approximate surface area is 69.0 Å². The zero-order valence-corrected chi connectivity index (χ0v) is 7.35. The Kier molecular flexibility index (Phi) is 4.93. The maximum Gasteiger partial charge on any atom is 0.0613 e. The van der Waals surface area contributed by atoms with Crippen LogP contribution in [-0.4, -0.2) is 23.8 Å². The number of aliphatic hydroxyl groups is 1.